The monoisotopic (exact) mass is 315 g/mol. The lowest BCUT2D eigenvalue weighted by Gasteiger charge is -2.03. The van der Waals surface area contributed by atoms with Crippen molar-refractivity contribution in [3.63, 3.8) is 0 Å². The third-order valence-electron chi connectivity index (χ3n) is 3.61. The number of hydrogen-bond donors (Lipinski definition) is 1. The molecule has 1 heterocycles. The molecule has 1 aromatic carbocycles. The third kappa shape index (κ3) is 3.57. The Balaban J connectivity index is 1.74. The lowest BCUT2D eigenvalue weighted by molar-refractivity contribution is -0.116. The van der Waals surface area contributed by atoms with Gasteiger partial charge in [0.15, 0.2) is 0 Å². The van der Waals surface area contributed by atoms with Crippen LogP contribution in [-0.4, -0.2) is 21.7 Å². The summed E-state index contributed by atoms with van der Waals surface area (Å²) in [6.07, 6.45) is 5.42. The number of amides is 1. The smallest absolute Gasteiger partial charge is 0.244 e. The van der Waals surface area contributed by atoms with Crippen molar-refractivity contribution in [1.82, 2.24) is 15.1 Å². The molecule has 0 unspecified atom stereocenters. The zero-order chi connectivity index (χ0) is 15.5. The van der Waals surface area contributed by atoms with E-state index in [9.17, 15) is 4.79 Å². The van der Waals surface area contributed by atoms with Gasteiger partial charge in [-0.15, -0.1) is 0 Å². The van der Waals surface area contributed by atoms with Gasteiger partial charge in [-0.1, -0.05) is 41.9 Å². The van der Waals surface area contributed by atoms with E-state index in [0.29, 0.717) is 17.7 Å². The summed E-state index contributed by atoms with van der Waals surface area (Å²) in [5.41, 5.74) is 2.74. The van der Waals surface area contributed by atoms with Crippen molar-refractivity contribution in [2.75, 3.05) is 0 Å². The average molecular weight is 316 g/mol. The molecule has 1 saturated carbocycles. The van der Waals surface area contributed by atoms with Crippen LogP contribution in [0.2, 0.25) is 5.15 Å². The molecule has 1 N–H and O–H groups in total. The Labute approximate surface area is 134 Å². The van der Waals surface area contributed by atoms with Crippen LogP contribution >= 0.6 is 11.6 Å². The molecular weight excluding hydrogens is 298 g/mol. The Morgan fingerprint density at radius 3 is 2.82 bits per heavy atom. The zero-order valence-electron chi connectivity index (χ0n) is 12.4. The Bertz CT molecular complexity index is 702. The summed E-state index contributed by atoms with van der Waals surface area (Å²) < 4.78 is 1.75. The molecule has 2 aromatic rings. The Morgan fingerprint density at radius 2 is 2.14 bits per heavy atom. The zero-order valence-corrected chi connectivity index (χ0v) is 13.2. The number of carbonyl (C=O) groups is 1. The maximum Gasteiger partial charge on any atom is 0.244 e. The molecule has 1 fully saturated rings. The van der Waals surface area contributed by atoms with Gasteiger partial charge in [-0.05, 0) is 31.4 Å². The van der Waals surface area contributed by atoms with Crippen LogP contribution in [0.15, 0.2) is 36.4 Å². The molecule has 0 spiro atoms. The molecule has 22 heavy (non-hydrogen) atoms. The van der Waals surface area contributed by atoms with Gasteiger partial charge >= 0.3 is 0 Å². The van der Waals surface area contributed by atoms with Crippen molar-refractivity contribution in [2.45, 2.75) is 32.4 Å². The molecule has 0 saturated heterocycles. The molecule has 1 aromatic heterocycles. The van der Waals surface area contributed by atoms with Gasteiger partial charge in [-0.25, -0.2) is 4.68 Å². The second kappa shape index (κ2) is 6.36. The first kappa shape index (κ1) is 14.9. The Kier molecular flexibility index (Phi) is 4.29. The summed E-state index contributed by atoms with van der Waals surface area (Å²) in [7, 11) is 0. The number of nitrogens with one attached hydrogen (secondary N) is 1. The van der Waals surface area contributed by atoms with E-state index < -0.39 is 0 Å². The van der Waals surface area contributed by atoms with Gasteiger partial charge in [-0.3, -0.25) is 4.79 Å². The minimum Gasteiger partial charge on any atom is -0.350 e. The van der Waals surface area contributed by atoms with E-state index in [-0.39, 0.29) is 5.91 Å². The van der Waals surface area contributed by atoms with Gasteiger partial charge in [0.25, 0.3) is 0 Å². The minimum atomic E-state index is -0.0752. The van der Waals surface area contributed by atoms with Gasteiger partial charge in [0, 0.05) is 17.7 Å². The second-order valence-corrected chi connectivity index (χ2v) is 5.91. The molecule has 0 aliphatic heterocycles. The maximum absolute atomic E-state index is 11.7. The summed E-state index contributed by atoms with van der Waals surface area (Å²) in [5, 5.41) is 7.92. The van der Waals surface area contributed by atoms with Crippen molar-refractivity contribution in [1.29, 1.82) is 0 Å². The fourth-order valence-electron chi connectivity index (χ4n) is 2.25. The molecular formula is C17H18ClN3O. The summed E-state index contributed by atoms with van der Waals surface area (Å²) >= 11 is 6.40. The Morgan fingerprint density at radius 1 is 1.41 bits per heavy atom. The van der Waals surface area contributed by atoms with E-state index in [1.807, 2.05) is 37.3 Å². The lowest BCUT2D eigenvalue weighted by Crippen LogP contribution is -2.22. The van der Waals surface area contributed by atoms with E-state index >= 15 is 0 Å². The Hall–Kier alpha value is -2.07. The molecule has 1 aliphatic rings. The SMILES string of the molecule is Cc1nn(Cc2ccccc2)c(Cl)c1/C=C/C(=O)NC1CC1. The molecule has 114 valence electrons. The molecule has 4 nitrogen and oxygen atoms in total. The topological polar surface area (TPSA) is 46.9 Å². The highest BCUT2D eigenvalue weighted by atomic mass is 35.5. The molecule has 5 heteroatoms. The molecule has 1 aliphatic carbocycles. The van der Waals surface area contributed by atoms with Crippen LogP contribution in [0.5, 0.6) is 0 Å². The van der Waals surface area contributed by atoms with Crippen LogP contribution in [0.3, 0.4) is 0 Å². The van der Waals surface area contributed by atoms with Crippen LogP contribution < -0.4 is 5.32 Å². The highest BCUT2D eigenvalue weighted by molar-refractivity contribution is 6.31. The fraction of sp³-hybridized carbons (Fsp3) is 0.294. The van der Waals surface area contributed by atoms with Crippen LogP contribution in [-0.2, 0) is 11.3 Å². The van der Waals surface area contributed by atoms with Crippen molar-refractivity contribution >= 4 is 23.6 Å². The van der Waals surface area contributed by atoms with Crippen molar-refractivity contribution in [2.24, 2.45) is 0 Å². The second-order valence-electron chi connectivity index (χ2n) is 5.55. The number of benzene rings is 1. The van der Waals surface area contributed by atoms with Crippen molar-refractivity contribution in [3.05, 3.63) is 58.4 Å². The summed E-state index contributed by atoms with van der Waals surface area (Å²) in [4.78, 5) is 11.7. The van der Waals surface area contributed by atoms with E-state index in [1.165, 1.54) is 6.08 Å². The van der Waals surface area contributed by atoms with E-state index in [4.69, 9.17) is 11.6 Å². The fourth-order valence-corrected chi connectivity index (χ4v) is 2.55. The largest absolute Gasteiger partial charge is 0.350 e. The number of rotatable bonds is 5. The summed E-state index contributed by atoms with van der Waals surface area (Å²) in [5.74, 6) is -0.0752. The van der Waals surface area contributed by atoms with Crippen molar-refractivity contribution < 1.29 is 4.79 Å². The number of carbonyl (C=O) groups excluding carboxylic acids is 1. The molecule has 3 rings (SSSR count). The first-order valence-corrected chi connectivity index (χ1v) is 7.76. The molecule has 0 bridgehead atoms. The number of aromatic nitrogens is 2. The van der Waals surface area contributed by atoms with Crippen LogP contribution in [0, 0.1) is 6.92 Å². The normalized spacial score (nSPS) is 14.5. The van der Waals surface area contributed by atoms with Crippen LogP contribution in [0.4, 0.5) is 0 Å². The standard InChI is InChI=1S/C17H18ClN3O/c1-12-15(9-10-16(22)19-14-7-8-14)17(18)21(20-12)11-13-5-3-2-4-6-13/h2-6,9-10,14H,7-8,11H2,1H3,(H,19,22)/b10-9+. The first-order valence-electron chi connectivity index (χ1n) is 7.39. The predicted octanol–water partition coefficient (Wildman–Crippen LogP) is 3.19. The van der Waals surface area contributed by atoms with Gasteiger partial charge in [0.2, 0.25) is 5.91 Å². The third-order valence-corrected chi connectivity index (χ3v) is 4.01. The maximum atomic E-state index is 11.7. The van der Waals surface area contributed by atoms with Gasteiger partial charge in [0.05, 0.1) is 12.2 Å². The van der Waals surface area contributed by atoms with E-state index in [2.05, 4.69) is 10.4 Å². The van der Waals surface area contributed by atoms with Gasteiger partial charge < -0.3 is 5.32 Å². The van der Waals surface area contributed by atoms with Crippen LogP contribution in [0.25, 0.3) is 6.08 Å². The highest BCUT2D eigenvalue weighted by Crippen LogP contribution is 2.23. The quantitative estimate of drug-likeness (QED) is 0.861. The predicted molar refractivity (Wildman–Crippen MR) is 87.7 cm³/mol. The van der Waals surface area contributed by atoms with E-state index in [0.717, 1.165) is 29.7 Å². The van der Waals surface area contributed by atoms with Gasteiger partial charge in [0.1, 0.15) is 5.15 Å². The summed E-state index contributed by atoms with van der Waals surface area (Å²) in [6.45, 7) is 2.51. The number of aryl methyl sites for hydroxylation is 1. The number of halogens is 1. The van der Waals surface area contributed by atoms with Crippen molar-refractivity contribution in [3.8, 4) is 0 Å². The first-order chi connectivity index (χ1) is 10.6. The number of hydrogen-bond acceptors (Lipinski definition) is 2. The molecule has 0 radical (unpaired) electrons. The molecule has 0 atom stereocenters. The summed E-state index contributed by atoms with van der Waals surface area (Å²) in [6, 6.07) is 10.4. The lowest BCUT2D eigenvalue weighted by atomic mass is 10.2. The average Bonchev–Trinajstić information content (AvgIpc) is 3.27. The highest BCUT2D eigenvalue weighted by Gasteiger charge is 2.22. The number of nitrogens with zero attached hydrogens (tertiary/aromatic N) is 2. The van der Waals surface area contributed by atoms with Crippen LogP contribution in [0.1, 0.15) is 29.7 Å². The van der Waals surface area contributed by atoms with E-state index in [1.54, 1.807) is 10.8 Å². The molecule has 1 amide bonds. The van der Waals surface area contributed by atoms with Gasteiger partial charge in [-0.2, -0.15) is 5.10 Å². The minimum absolute atomic E-state index is 0.0752.